The summed E-state index contributed by atoms with van der Waals surface area (Å²) in [4.78, 5) is 10.9. The molecule has 0 fully saturated rings. The average molecular weight is 349 g/mol. The summed E-state index contributed by atoms with van der Waals surface area (Å²) in [5.74, 6) is 0.382. The van der Waals surface area contributed by atoms with Crippen molar-refractivity contribution in [2.24, 2.45) is 0 Å². The number of carboxylic acid groups (broad SMARTS) is 1. The van der Waals surface area contributed by atoms with Crippen molar-refractivity contribution in [3.05, 3.63) is 58.1 Å². The van der Waals surface area contributed by atoms with Gasteiger partial charge in [0.25, 0.3) is 0 Å². The van der Waals surface area contributed by atoms with E-state index < -0.39 is 5.97 Å². The molecule has 21 heavy (non-hydrogen) atoms. The van der Waals surface area contributed by atoms with Gasteiger partial charge in [-0.25, -0.2) is 4.79 Å². The number of benzene rings is 2. The van der Waals surface area contributed by atoms with E-state index >= 15 is 0 Å². The van der Waals surface area contributed by atoms with E-state index in [2.05, 4.69) is 35.0 Å². The van der Waals surface area contributed by atoms with Crippen molar-refractivity contribution in [3.8, 4) is 11.5 Å². The number of rotatable bonds is 6. The van der Waals surface area contributed by atoms with Crippen LogP contribution in [0, 0.1) is 0 Å². The molecule has 4 heteroatoms. The molecule has 110 valence electrons. The van der Waals surface area contributed by atoms with Crippen molar-refractivity contribution >= 4 is 21.9 Å². The Morgan fingerprint density at radius 1 is 1.14 bits per heavy atom. The number of carboxylic acids is 1. The zero-order chi connectivity index (χ0) is 15.2. The van der Waals surface area contributed by atoms with Crippen LogP contribution in [0.25, 0.3) is 0 Å². The molecule has 0 aliphatic rings. The Morgan fingerprint density at radius 3 is 2.38 bits per heavy atom. The smallest absolute Gasteiger partial charge is 0.336 e. The van der Waals surface area contributed by atoms with Gasteiger partial charge >= 0.3 is 5.97 Å². The number of aryl methyl sites for hydroxylation is 1. The first kappa shape index (κ1) is 15.6. The molecule has 0 amide bonds. The molecular formula is C17H17BrO3. The fourth-order valence-corrected chi connectivity index (χ4v) is 2.50. The molecule has 3 nitrogen and oxygen atoms in total. The van der Waals surface area contributed by atoms with Gasteiger partial charge in [0.2, 0.25) is 0 Å². The van der Waals surface area contributed by atoms with Crippen LogP contribution in [0.2, 0.25) is 0 Å². The summed E-state index contributed by atoms with van der Waals surface area (Å²) < 4.78 is 6.24. The molecule has 0 aliphatic heterocycles. The van der Waals surface area contributed by atoms with Crippen LogP contribution in [0.1, 0.15) is 35.7 Å². The molecule has 1 N–H and O–H groups in total. The zero-order valence-corrected chi connectivity index (χ0v) is 13.4. The third-order valence-electron chi connectivity index (χ3n) is 3.15. The van der Waals surface area contributed by atoms with Crippen molar-refractivity contribution in [1.82, 2.24) is 0 Å². The predicted molar refractivity (Wildman–Crippen MR) is 86.2 cm³/mol. The van der Waals surface area contributed by atoms with Crippen molar-refractivity contribution < 1.29 is 14.6 Å². The minimum Gasteiger partial charge on any atom is -0.478 e. The maximum Gasteiger partial charge on any atom is 0.336 e. The Hall–Kier alpha value is -1.81. The number of hydrogen-bond acceptors (Lipinski definition) is 2. The second kappa shape index (κ2) is 7.27. The lowest BCUT2D eigenvalue weighted by Gasteiger charge is -2.08. The van der Waals surface area contributed by atoms with Gasteiger partial charge in [0.05, 0.1) is 5.56 Å². The van der Waals surface area contributed by atoms with Gasteiger partial charge in [-0.05, 0) is 64.7 Å². The molecule has 0 spiro atoms. The normalized spacial score (nSPS) is 10.4. The lowest BCUT2D eigenvalue weighted by molar-refractivity contribution is 0.0696. The van der Waals surface area contributed by atoms with E-state index in [-0.39, 0.29) is 5.56 Å². The summed E-state index contributed by atoms with van der Waals surface area (Å²) in [6.45, 7) is 2.18. The fourth-order valence-electron chi connectivity index (χ4n) is 1.97. The highest BCUT2D eigenvalue weighted by atomic mass is 79.9. The van der Waals surface area contributed by atoms with Gasteiger partial charge in [0.15, 0.2) is 0 Å². The lowest BCUT2D eigenvalue weighted by Crippen LogP contribution is -1.97. The molecule has 0 saturated heterocycles. The Kier molecular flexibility index (Phi) is 5.39. The van der Waals surface area contributed by atoms with Crippen LogP contribution >= 0.6 is 15.9 Å². The molecule has 0 unspecified atom stereocenters. The van der Waals surface area contributed by atoms with Gasteiger partial charge in [0.1, 0.15) is 11.5 Å². The van der Waals surface area contributed by atoms with Crippen molar-refractivity contribution in [2.45, 2.75) is 26.2 Å². The van der Waals surface area contributed by atoms with E-state index in [0.29, 0.717) is 10.2 Å². The Labute approximate surface area is 132 Å². The second-order valence-electron chi connectivity index (χ2n) is 4.80. The Bertz CT molecular complexity index is 620. The molecule has 0 radical (unpaired) electrons. The predicted octanol–water partition coefficient (Wildman–Crippen LogP) is 5.28. The van der Waals surface area contributed by atoms with Crippen LogP contribution in [0.5, 0.6) is 11.5 Å². The largest absolute Gasteiger partial charge is 0.478 e. The Morgan fingerprint density at radius 2 is 1.81 bits per heavy atom. The fraction of sp³-hybridized carbons (Fsp3) is 0.235. The minimum absolute atomic E-state index is 0.220. The average Bonchev–Trinajstić information content (AvgIpc) is 2.46. The zero-order valence-electron chi connectivity index (χ0n) is 11.8. The van der Waals surface area contributed by atoms with E-state index in [0.717, 1.165) is 12.2 Å². The molecule has 2 aromatic rings. The van der Waals surface area contributed by atoms with Crippen molar-refractivity contribution in [2.75, 3.05) is 0 Å². The number of unbranched alkanes of at least 4 members (excludes halogenated alkanes) is 1. The van der Waals surface area contributed by atoms with Crippen LogP contribution in [0.3, 0.4) is 0 Å². The van der Waals surface area contributed by atoms with Crippen molar-refractivity contribution in [1.29, 1.82) is 0 Å². The lowest BCUT2D eigenvalue weighted by atomic mass is 10.1. The van der Waals surface area contributed by atoms with E-state index in [1.165, 1.54) is 24.5 Å². The van der Waals surface area contributed by atoms with Crippen LogP contribution in [0.15, 0.2) is 46.9 Å². The molecule has 2 rings (SSSR count). The second-order valence-corrected chi connectivity index (χ2v) is 5.65. The van der Waals surface area contributed by atoms with Gasteiger partial charge in [-0.3, -0.25) is 0 Å². The molecule has 0 aliphatic carbocycles. The highest BCUT2D eigenvalue weighted by Gasteiger charge is 2.09. The number of carbonyl (C=O) groups is 1. The molecule has 0 atom stereocenters. The molecular weight excluding hydrogens is 332 g/mol. The van der Waals surface area contributed by atoms with Gasteiger partial charge in [-0.2, -0.15) is 0 Å². The van der Waals surface area contributed by atoms with E-state index in [9.17, 15) is 4.79 Å². The van der Waals surface area contributed by atoms with Crippen LogP contribution < -0.4 is 4.74 Å². The maximum absolute atomic E-state index is 10.9. The quantitative estimate of drug-likeness (QED) is 0.772. The summed E-state index contributed by atoms with van der Waals surface area (Å²) in [6, 6.07) is 12.8. The van der Waals surface area contributed by atoms with E-state index in [1.54, 1.807) is 12.1 Å². The van der Waals surface area contributed by atoms with Gasteiger partial charge in [-0.1, -0.05) is 25.5 Å². The standard InChI is InChI=1S/C17H17BrO3/c1-2-3-4-12-5-7-13(8-6-12)21-14-9-10-15(17(19)20)16(18)11-14/h5-11H,2-4H2,1H3,(H,19,20). The minimum atomic E-state index is -0.964. The first-order valence-electron chi connectivity index (χ1n) is 6.90. The summed E-state index contributed by atoms with van der Waals surface area (Å²) >= 11 is 3.24. The highest BCUT2D eigenvalue weighted by molar-refractivity contribution is 9.10. The molecule has 0 saturated carbocycles. The van der Waals surface area contributed by atoms with Crippen LogP contribution in [-0.2, 0) is 6.42 Å². The SMILES string of the molecule is CCCCc1ccc(Oc2ccc(C(=O)O)c(Br)c2)cc1. The van der Waals surface area contributed by atoms with E-state index in [1.807, 2.05) is 12.1 Å². The maximum atomic E-state index is 10.9. The van der Waals surface area contributed by atoms with Gasteiger partial charge in [0, 0.05) is 4.47 Å². The number of hydrogen-bond donors (Lipinski definition) is 1. The molecule has 0 heterocycles. The number of aromatic carboxylic acids is 1. The molecule has 0 aromatic heterocycles. The summed E-state index contributed by atoms with van der Waals surface area (Å²) in [5.41, 5.74) is 1.52. The number of halogens is 1. The van der Waals surface area contributed by atoms with Gasteiger partial charge < -0.3 is 9.84 Å². The number of ether oxygens (including phenoxy) is 1. The first-order chi connectivity index (χ1) is 10.1. The Balaban J connectivity index is 2.07. The summed E-state index contributed by atoms with van der Waals surface area (Å²) in [5, 5.41) is 8.98. The van der Waals surface area contributed by atoms with Crippen molar-refractivity contribution in [3.63, 3.8) is 0 Å². The highest BCUT2D eigenvalue weighted by Crippen LogP contribution is 2.27. The van der Waals surface area contributed by atoms with Crippen LogP contribution in [0.4, 0.5) is 0 Å². The van der Waals surface area contributed by atoms with E-state index in [4.69, 9.17) is 9.84 Å². The first-order valence-corrected chi connectivity index (χ1v) is 7.69. The topological polar surface area (TPSA) is 46.5 Å². The van der Waals surface area contributed by atoms with Gasteiger partial charge in [-0.15, -0.1) is 0 Å². The third kappa shape index (κ3) is 4.33. The summed E-state index contributed by atoms with van der Waals surface area (Å²) in [6.07, 6.45) is 3.45. The molecule has 2 aromatic carbocycles. The molecule has 0 bridgehead atoms. The van der Waals surface area contributed by atoms with Crippen LogP contribution in [-0.4, -0.2) is 11.1 Å². The monoisotopic (exact) mass is 348 g/mol. The summed E-state index contributed by atoms with van der Waals surface area (Å²) in [7, 11) is 0. The third-order valence-corrected chi connectivity index (χ3v) is 3.81.